The lowest BCUT2D eigenvalue weighted by Gasteiger charge is -2.17. The highest BCUT2D eigenvalue weighted by atomic mass is 16.5. The lowest BCUT2D eigenvalue weighted by molar-refractivity contribution is -0.137. The van der Waals surface area contributed by atoms with E-state index in [1.54, 1.807) is 14.0 Å². The third-order valence-electron chi connectivity index (χ3n) is 2.51. The van der Waals surface area contributed by atoms with Gasteiger partial charge in [0.05, 0.1) is 30.8 Å². The number of carboxylic acid groups (broad SMARTS) is 1. The quantitative estimate of drug-likeness (QED) is 0.793. The van der Waals surface area contributed by atoms with Crippen LogP contribution in [0.4, 0.5) is 0 Å². The number of nitrogens with one attached hydrogen (secondary N) is 1. The molecule has 0 aliphatic carbocycles. The Morgan fingerprint density at radius 3 is 2.61 bits per heavy atom. The Labute approximate surface area is 105 Å². The molecule has 0 fully saturated rings. The van der Waals surface area contributed by atoms with Crippen LogP contribution in [0.3, 0.4) is 0 Å². The number of ether oxygens (including phenoxy) is 1. The molecule has 0 bridgehead atoms. The summed E-state index contributed by atoms with van der Waals surface area (Å²) in [6.45, 7) is 3.08. The molecule has 1 aromatic heterocycles. The van der Waals surface area contributed by atoms with Crippen LogP contribution in [0.2, 0.25) is 0 Å². The van der Waals surface area contributed by atoms with Gasteiger partial charge in [0.2, 0.25) is 11.8 Å². The van der Waals surface area contributed by atoms with Crippen molar-refractivity contribution < 1.29 is 19.4 Å². The predicted molar refractivity (Wildman–Crippen MR) is 63.3 cm³/mol. The van der Waals surface area contributed by atoms with Crippen LogP contribution in [0, 0.1) is 6.92 Å². The molecule has 0 radical (unpaired) electrons. The summed E-state index contributed by atoms with van der Waals surface area (Å²) in [5, 5.41) is 15.7. The third-order valence-corrected chi connectivity index (χ3v) is 2.51. The van der Waals surface area contributed by atoms with Crippen LogP contribution >= 0.6 is 0 Å². The maximum absolute atomic E-state index is 11.2. The van der Waals surface area contributed by atoms with Crippen molar-refractivity contribution in [2.24, 2.45) is 7.05 Å². The molecule has 18 heavy (non-hydrogen) atoms. The van der Waals surface area contributed by atoms with E-state index in [9.17, 15) is 9.59 Å². The molecule has 1 atom stereocenters. The van der Waals surface area contributed by atoms with Crippen LogP contribution < -0.4 is 10.1 Å². The Morgan fingerprint density at radius 2 is 2.17 bits per heavy atom. The molecule has 0 aliphatic heterocycles. The summed E-state index contributed by atoms with van der Waals surface area (Å²) in [6, 6.07) is -0.649. The number of aryl methyl sites for hydroxylation is 2. The number of methoxy groups -OCH3 is 1. The molecule has 1 rings (SSSR count). The average molecular weight is 255 g/mol. The van der Waals surface area contributed by atoms with Gasteiger partial charge in [-0.15, -0.1) is 0 Å². The van der Waals surface area contributed by atoms with Gasteiger partial charge in [-0.05, 0) is 6.92 Å². The molecule has 0 saturated heterocycles. The maximum atomic E-state index is 11.2. The van der Waals surface area contributed by atoms with E-state index in [2.05, 4.69) is 10.4 Å². The van der Waals surface area contributed by atoms with Crippen LogP contribution in [-0.4, -0.2) is 33.9 Å². The number of carbonyl (C=O) groups excluding carboxylic acids is 1. The van der Waals surface area contributed by atoms with Gasteiger partial charge in [0.15, 0.2) is 0 Å². The molecule has 2 N–H and O–H groups in total. The first-order chi connectivity index (χ1) is 8.36. The maximum Gasteiger partial charge on any atom is 0.305 e. The Balaban J connectivity index is 3.18. The topological polar surface area (TPSA) is 93.4 Å². The monoisotopic (exact) mass is 255 g/mol. The fourth-order valence-corrected chi connectivity index (χ4v) is 1.94. The summed E-state index contributed by atoms with van der Waals surface area (Å²) in [6.07, 6.45) is -0.220. The van der Waals surface area contributed by atoms with E-state index < -0.39 is 12.0 Å². The van der Waals surface area contributed by atoms with Gasteiger partial charge in [-0.3, -0.25) is 9.59 Å². The minimum absolute atomic E-state index is 0.220. The molecule has 0 aliphatic rings. The van der Waals surface area contributed by atoms with E-state index in [4.69, 9.17) is 9.84 Å². The average Bonchev–Trinajstić information content (AvgIpc) is 2.50. The van der Waals surface area contributed by atoms with Gasteiger partial charge in [-0.1, -0.05) is 0 Å². The van der Waals surface area contributed by atoms with E-state index in [-0.39, 0.29) is 12.3 Å². The van der Waals surface area contributed by atoms with Gasteiger partial charge >= 0.3 is 5.97 Å². The highest BCUT2D eigenvalue weighted by molar-refractivity contribution is 5.75. The van der Waals surface area contributed by atoms with E-state index in [1.165, 1.54) is 18.7 Å². The van der Waals surface area contributed by atoms with Crippen LogP contribution in [-0.2, 0) is 16.6 Å². The second-order valence-electron chi connectivity index (χ2n) is 3.98. The van der Waals surface area contributed by atoms with Gasteiger partial charge in [-0.2, -0.15) is 5.10 Å². The lowest BCUT2D eigenvalue weighted by Crippen LogP contribution is -2.28. The molecule has 1 amide bonds. The summed E-state index contributed by atoms with van der Waals surface area (Å²) in [5.41, 5.74) is 1.23. The summed E-state index contributed by atoms with van der Waals surface area (Å²) in [5.74, 6) is -0.849. The largest absolute Gasteiger partial charge is 0.481 e. The number of hydrogen-bond donors (Lipinski definition) is 2. The van der Waals surface area contributed by atoms with Crippen molar-refractivity contribution in [1.29, 1.82) is 0 Å². The van der Waals surface area contributed by atoms with Gasteiger partial charge in [0, 0.05) is 14.0 Å². The zero-order valence-electron chi connectivity index (χ0n) is 10.9. The van der Waals surface area contributed by atoms with Crippen LogP contribution in [0.1, 0.15) is 30.6 Å². The molecule has 0 aromatic carbocycles. The standard InChI is InChI=1S/C11H17N3O4/c1-6-10(11(18-4)14(3)13-6)8(5-9(16)17)12-7(2)15/h8H,5H2,1-4H3,(H,12,15)(H,16,17). The van der Waals surface area contributed by atoms with E-state index in [1.807, 2.05) is 0 Å². The van der Waals surface area contributed by atoms with Crippen molar-refractivity contribution >= 4 is 11.9 Å². The fraction of sp³-hybridized carbons (Fsp3) is 0.545. The molecule has 0 spiro atoms. The highest BCUT2D eigenvalue weighted by Gasteiger charge is 2.26. The van der Waals surface area contributed by atoms with Crippen LogP contribution in [0.15, 0.2) is 0 Å². The molecular formula is C11H17N3O4. The second kappa shape index (κ2) is 5.52. The molecule has 7 nitrogen and oxygen atoms in total. The summed E-state index contributed by atoms with van der Waals surface area (Å²) < 4.78 is 6.71. The van der Waals surface area contributed by atoms with Crippen molar-refractivity contribution in [3.63, 3.8) is 0 Å². The number of amides is 1. The first-order valence-electron chi connectivity index (χ1n) is 5.43. The second-order valence-corrected chi connectivity index (χ2v) is 3.98. The summed E-state index contributed by atoms with van der Waals surface area (Å²) >= 11 is 0. The minimum Gasteiger partial charge on any atom is -0.481 e. The number of aromatic nitrogens is 2. The SMILES string of the molecule is COc1c(C(CC(=O)O)NC(C)=O)c(C)nn1C. The van der Waals surface area contributed by atoms with Crippen molar-refractivity contribution in [2.75, 3.05) is 7.11 Å². The Hall–Kier alpha value is -2.05. The molecule has 1 unspecified atom stereocenters. The number of aliphatic carboxylic acids is 1. The van der Waals surface area contributed by atoms with E-state index >= 15 is 0 Å². The summed E-state index contributed by atoms with van der Waals surface area (Å²) in [7, 11) is 3.17. The zero-order valence-corrected chi connectivity index (χ0v) is 10.9. The smallest absolute Gasteiger partial charge is 0.305 e. The van der Waals surface area contributed by atoms with Gasteiger partial charge in [-0.25, -0.2) is 4.68 Å². The van der Waals surface area contributed by atoms with Gasteiger partial charge < -0.3 is 15.2 Å². The van der Waals surface area contributed by atoms with E-state index in [0.29, 0.717) is 17.1 Å². The number of nitrogens with zero attached hydrogens (tertiary/aromatic N) is 2. The van der Waals surface area contributed by atoms with Crippen molar-refractivity contribution in [2.45, 2.75) is 26.3 Å². The van der Waals surface area contributed by atoms with E-state index in [0.717, 1.165) is 0 Å². The van der Waals surface area contributed by atoms with Gasteiger partial charge in [0.1, 0.15) is 0 Å². The molecule has 7 heteroatoms. The zero-order chi connectivity index (χ0) is 13.9. The molecule has 1 aromatic rings. The van der Waals surface area contributed by atoms with Crippen molar-refractivity contribution in [3.8, 4) is 5.88 Å². The summed E-state index contributed by atoms with van der Waals surface area (Å²) in [4.78, 5) is 22.0. The van der Waals surface area contributed by atoms with Crippen LogP contribution in [0.5, 0.6) is 5.88 Å². The minimum atomic E-state index is -1.00. The molecule has 100 valence electrons. The number of carboxylic acids is 1. The first kappa shape index (κ1) is 14.0. The predicted octanol–water partition coefficient (Wildman–Crippen LogP) is 0.389. The number of rotatable bonds is 5. The Kier molecular flexibility index (Phi) is 4.30. The molecule has 1 heterocycles. The van der Waals surface area contributed by atoms with Crippen molar-refractivity contribution in [1.82, 2.24) is 15.1 Å². The Bertz CT molecular complexity index is 451. The number of hydrogen-bond acceptors (Lipinski definition) is 4. The molecule has 0 saturated carbocycles. The highest BCUT2D eigenvalue weighted by Crippen LogP contribution is 2.29. The normalized spacial score (nSPS) is 12.0. The first-order valence-corrected chi connectivity index (χ1v) is 5.43. The lowest BCUT2D eigenvalue weighted by atomic mass is 10.0. The van der Waals surface area contributed by atoms with Gasteiger partial charge in [0.25, 0.3) is 0 Å². The fourth-order valence-electron chi connectivity index (χ4n) is 1.94. The van der Waals surface area contributed by atoms with Crippen LogP contribution in [0.25, 0.3) is 0 Å². The Morgan fingerprint density at radius 1 is 1.56 bits per heavy atom. The number of carbonyl (C=O) groups is 2. The third kappa shape index (κ3) is 2.99. The molecular weight excluding hydrogens is 238 g/mol. The van der Waals surface area contributed by atoms with Crippen molar-refractivity contribution in [3.05, 3.63) is 11.3 Å².